The molecule has 21 heavy (non-hydrogen) atoms. The molecule has 10 heteroatoms. The number of aliphatic hydroxyl groups excluding tert-OH is 6. The first kappa shape index (κ1) is 18.6. The number of aliphatic hydroxyl groups is 7. The van der Waals surface area contributed by atoms with Gasteiger partial charge in [-0.15, -0.1) is 0 Å². The third-order valence-corrected chi connectivity index (χ3v) is 3.17. The Morgan fingerprint density at radius 3 is 2.14 bits per heavy atom. The van der Waals surface area contributed by atoms with Crippen molar-refractivity contribution in [3.63, 3.8) is 0 Å². The Morgan fingerprint density at radius 2 is 1.67 bits per heavy atom. The molecule has 10 nitrogen and oxygen atoms in total. The van der Waals surface area contributed by atoms with Crippen LogP contribution in [-0.2, 0) is 14.2 Å². The first-order chi connectivity index (χ1) is 9.83. The third kappa shape index (κ3) is 4.53. The van der Waals surface area contributed by atoms with E-state index in [4.69, 9.17) is 29.5 Å². The van der Waals surface area contributed by atoms with E-state index in [9.17, 15) is 20.4 Å². The summed E-state index contributed by atoms with van der Waals surface area (Å²) in [6.07, 6.45) is -12.7. The molecule has 0 saturated carbocycles. The lowest BCUT2D eigenvalue weighted by Crippen LogP contribution is -2.60. The zero-order chi connectivity index (χ0) is 16.2. The number of hydrogen-bond donors (Lipinski definition) is 7. The van der Waals surface area contributed by atoms with Crippen molar-refractivity contribution >= 4 is 0 Å². The number of rotatable bonds is 7. The number of hydrogen-bond acceptors (Lipinski definition) is 10. The molecular formula is C11H22O10. The van der Waals surface area contributed by atoms with E-state index in [0.717, 1.165) is 0 Å². The molecule has 126 valence electrons. The molecule has 0 aromatic heterocycles. The number of methoxy groups -OCH3 is 1. The third-order valence-electron chi connectivity index (χ3n) is 3.17. The van der Waals surface area contributed by atoms with Gasteiger partial charge in [-0.3, -0.25) is 0 Å². The van der Waals surface area contributed by atoms with Crippen LogP contribution in [0.25, 0.3) is 0 Å². The highest BCUT2D eigenvalue weighted by atomic mass is 16.7. The molecule has 1 heterocycles. The fourth-order valence-corrected chi connectivity index (χ4v) is 1.93. The molecular weight excluding hydrogens is 292 g/mol. The Bertz CT molecular complexity index is 299. The molecule has 1 aliphatic heterocycles. The molecule has 1 fully saturated rings. The van der Waals surface area contributed by atoms with Crippen LogP contribution in [0.1, 0.15) is 0 Å². The largest absolute Gasteiger partial charge is 0.394 e. The minimum atomic E-state index is -2.12. The summed E-state index contributed by atoms with van der Waals surface area (Å²) in [5.74, 6) is 0. The molecule has 0 spiro atoms. The van der Waals surface area contributed by atoms with Crippen molar-refractivity contribution in [2.75, 3.05) is 20.3 Å². The first-order valence-corrected chi connectivity index (χ1v) is 6.32. The normalized spacial score (nSPS) is 36.7. The van der Waals surface area contributed by atoms with E-state index in [-0.39, 0.29) is 6.61 Å². The van der Waals surface area contributed by atoms with Crippen LogP contribution in [-0.4, -0.2) is 105 Å². The fraction of sp³-hybridized carbons (Fsp3) is 1.00. The van der Waals surface area contributed by atoms with Crippen molar-refractivity contribution in [3.05, 3.63) is 0 Å². The zero-order valence-corrected chi connectivity index (χ0v) is 11.4. The van der Waals surface area contributed by atoms with E-state index in [1.807, 2.05) is 0 Å². The van der Waals surface area contributed by atoms with Gasteiger partial charge >= 0.3 is 0 Å². The Kier molecular flexibility index (Phi) is 7.36. The smallest absolute Gasteiger partial charge is 0.187 e. The molecule has 1 aliphatic rings. The highest BCUT2D eigenvalue weighted by Crippen LogP contribution is 2.23. The predicted octanol–water partition coefficient (Wildman–Crippen LogP) is -4.51. The average Bonchev–Trinajstić information content (AvgIpc) is 2.46. The van der Waals surface area contributed by atoms with Crippen LogP contribution in [0, 0.1) is 0 Å². The molecule has 0 amide bonds. The van der Waals surface area contributed by atoms with Crippen LogP contribution in [0.15, 0.2) is 0 Å². The van der Waals surface area contributed by atoms with Crippen molar-refractivity contribution in [2.45, 2.75) is 49.2 Å². The highest BCUT2D eigenvalue weighted by molar-refractivity contribution is 4.89. The summed E-state index contributed by atoms with van der Waals surface area (Å²) in [5, 5.41) is 65.5. The van der Waals surface area contributed by atoms with Crippen molar-refractivity contribution in [2.24, 2.45) is 0 Å². The van der Waals surface area contributed by atoms with Gasteiger partial charge in [0.15, 0.2) is 12.6 Å². The Morgan fingerprint density at radius 1 is 1.05 bits per heavy atom. The number of ether oxygens (including phenoxy) is 3. The van der Waals surface area contributed by atoms with Gasteiger partial charge in [0.25, 0.3) is 0 Å². The molecule has 1 rings (SSSR count). The molecule has 0 bridgehead atoms. The maximum Gasteiger partial charge on any atom is 0.187 e. The lowest BCUT2D eigenvalue weighted by atomic mass is 9.99. The zero-order valence-electron chi connectivity index (χ0n) is 11.4. The summed E-state index contributed by atoms with van der Waals surface area (Å²) < 4.78 is 15.0. The molecule has 0 radical (unpaired) electrons. The second-order valence-electron chi connectivity index (χ2n) is 4.73. The van der Waals surface area contributed by atoms with E-state index in [0.29, 0.717) is 0 Å². The van der Waals surface area contributed by atoms with E-state index in [1.165, 1.54) is 7.11 Å². The molecule has 0 aromatic carbocycles. The maximum atomic E-state index is 9.77. The van der Waals surface area contributed by atoms with Crippen LogP contribution in [0.3, 0.4) is 0 Å². The minimum absolute atomic E-state index is 0.256. The summed E-state index contributed by atoms with van der Waals surface area (Å²) in [4.78, 5) is 0. The topological polar surface area (TPSA) is 169 Å². The molecule has 0 aromatic rings. The quantitative estimate of drug-likeness (QED) is 0.227. The molecule has 1 saturated heterocycles. The predicted molar refractivity (Wildman–Crippen MR) is 64.7 cm³/mol. The molecule has 7 N–H and O–H groups in total. The van der Waals surface area contributed by atoms with E-state index >= 15 is 0 Å². The van der Waals surface area contributed by atoms with Gasteiger partial charge in [-0.25, -0.2) is 0 Å². The van der Waals surface area contributed by atoms with Crippen molar-refractivity contribution < 1.29 is 50.0 Å². The Labute approximate surface area is 120 Å². The lowest BCUT2D eigenvalue weighted by Gasteiger charge is -2.41. The van der Waals surface area contributed by atoms with Crippen LogP contribution in [0.5, 0.6) is 0 Å². The Balaban J connectivity index is 2.77. The summed E-state index contributed by atoms with van der Waals surface area (Å²) >= 11 is 0. The van der Waals surface area contributed by atoms with E-state index in [1.54, 1.807) is 0 Å². The van der Waals surface area contributed by atoms with Gasteiger partial charge in [0.2, 0.25) is 0 Å². The summed E-state index contributed by atoms with van der Waals surface area (Å²) in [7, 11) is 1.28. The van der Waals surface area contributed by atoms with Crippen molar-refractivity contribution in [1.82, 2.24) is 0 Å². The van der Waals surface area contributed by atoms with E-state index < -0.39 is 55.8 Å². The summed E-state index contributed by atoms with van der Waals surface area (Å²) in [5.41, 5.74) is 0. The van der Waals surface area contributed by atoms with Crippen molar-refractivity contribution in [3.8, 4) is 0 Å². The molecule has 0 aliphatic carbocycles. The van der Waals surface area contributed by atoms with Gasteiger partial charge in [0.05, 0.1) is 13.2 Å². The first-order valence-electron chi connectivity index (χ1n) is 6.32. The van der Waals surface area contributed by atoms with Gasteiger partial charge in [-0.05, 0) is 0 Å². The van der Waals surface area contributed by atoms with Crippen LogP contribution < -0.4 is 0 Å². The highest BCUT2D eigenvalue weighted by Gasteiger charge is 2.45. The molecule has 7 unspecified atom stereocenters. The molecule has 7 atom stereocenters. The average molecular weight is 314 g/mol. The van der Waals surface area contributed by atoms with Crippen LogP contribution in [0.2, 0.25) is 0 Å². The van der Waals surface area contributed by atoms with Gasteiger partial charge < -0.3 is 50.0 Å². The van der Waals surface area contributed by atoms with E-state index in [2.05, 4.69) is 0 Å². The summed E-state index contributed by atoms with van der Waals surface area (Å²) in [6.45, 7) is -0.890. The Hall–Kier alpha value is -0.400. The minimum Gasteiger partial charge on any atom is -0.394 e. The van der Waals surface area contributed by atoms with Gasteiger partial charge in [-0.1, -0.05) is 0 Å². The summed E-state index contributed by atoms with van der Waals surface area (Å²) in [6, 6.07) is 0. The van der Waals surface area contributed by atoms with Crippen LogP contribution in [0.4, 0.5) is 0 Å². The van der Waals surface area contributed by atoms with Gasteiger partial charge in [0.1, 0.15) is 36.6 Å². The lowest BCUT2D eigenvalue weighted by molar-refractivity contribution is -0.325. The van der Waals surface area contributed by atoms with Crippen molar-refractivity contribution in [1.29, 1.82) is 0 Å². The van der Waals surface area contributed by atoms with Gasteiger partial charge in [0, 0.05) is 7.11 Å². The van der Waals surface area contributed by atoms with Crippen LogP contribution >= 0.6 is 0 Å². The second-order valence-corrected chi connectivity index (χ2v) is 4.73. The standard InChI is InChI=1S/C11H22O10/c1-19-3-5(7(14)10(17)18)21-11-9(16)8(15)6(13)4(2-12)20-11/h4-18H,2-3H2,1H3. The SMILES string of the molecule is COCC(OC1OC(CO)C(O)C(O)C1O)C(O)C(O)O. The monoisotopic (exact) mass is 314 g/mol. The fourth-order valence-electron chi connectivity index (χ4n) is 1.93. The van der Waals surface area contributed by atoms with Gasteiger partial charge in [-0.2, -0.15) is 0 Å². The second kappa shape index (κ2) is 8.29. The maximum absolute atomic E-state index is 9.77.